The number of hydrogen-bond acceptors (Lipinski definition) is 5. The summed E-state index contributed by atoms with van der Waals surface area (Å²) in [5.41, 5.74) is 4.54. The standard InChI is InChI=1S/C20H16ClIN5O2/c1-22-20(28)25-14-11-12(6-7-16(14)29-2)18-17(13-8-9-23-19(21)24-13)15-5-3-4-10-27(15)26-18/h3-11H,1-2H3,(H,25,28)/q-1. The molecule has 4 rings (SSSR count). The molecule has 4 aromatic rings. The molecule has 29 heavy (non-hydrogen) atoms. The zero-order valence-electron chi connectivity index (χ0n) is 15.6. The van der Waals surface area contributed by atoms with Gasteiger partial charge in [0.2, 0.25) is 0 Å². The Kier molecular flexibility index (Phi) is 5.63. The number of nitrogens with one attached hydrogen (secondary N) is 1. The predicted molar refractivity (Wildman–Crippen MR) is 108 cm³/mol. The summed E-state index contributed by atoms with van der Waals surface area (Å²) >= 11 is 5.45. The van der Waals surface area contributed by atoms with Crippen LogP contribution in [0.3, 0.4) is 0 Å². The summed E-state index contributed by atoms with van der Waals surface area (Å²) in [5, 5.41) is 7.84. The zero-order chi connectivity index (χ0) is 20.4. The molecule has 1 N–H and O–H groups in total. The summed E-state index contributed by atoms with van der Waals surface area (Å²) in [6.07, 6.45) is 3.49. The van der Waals surface area contributed by atoms with Crippen molar-refractivity contribution >= 4 is 26.7 Å². The monoisotopic (exact) mass is 520 g/mol. The van der Waals surface area contributed by atoms with E-state index in [0.717, 1.165) is 22.3 Å². The number of alkyl halides is 1. The van der Waals surface area contributed by atoms with Crippen molar-refractivity contribution in [1.82, 2.24) is 19.6 Å². The van der Waals surface area contributed by atoms with Gasteiger partial charge in [-0.15, -0.1) is 0 Å². The van der Waals surface area contributed by atoms with E-state index in [1.54, 1.807) is 23.9 Å². The van der Waals surface area contributed by atoms with Crippen molar-refractivity contribution in [2.75, 3.05) is 17.4 Å². The molecule has 0 aliphatic heterocycles. The predicted octanol–water partition coefficient (Wildman–Crippen LogP) is 1.37. The van der Waals surface area contributed by atoms with Gasteiger partial charge in [-0.3, -0.25) is 0 Å². The van der Waals surface area contributed by atoms with Gasteiger partial charge in [-0.1, -0.05) is 0 Å². The topological polar surface area (TPSA) is 81.4 Å². The molecular formula is C20H16ClIN5O2-. The van der Waals surface area contributed by atoms with E-state index in [4.69, 9.17) is 21.4 Å². The van der Waals surface area contributed by atoms with Crippen LogP contribution < -0.4 is 31.3 Å². The van der Waals surface area contributed by atoms with Crippen LogP contribution in [0.25, 0.3) is 28.0 Å². The molecule has 0 aliphatic rings. The Morgan fingerprint density at radius 3 is 2.86 bits per heavy atom. The number of amides is 1. The molecule has 148 valence electrons. The number of rotatable bonds is 5. The first-order valence-corrected chi connectivity index (χ1v) is 12.2. The number of fused-ring (bicyclic) bond motifs is 1. The molecule has 3 aromatic heterocycles. The van der Waals surface area contributed by atoms with Crippen molar-refractivity contribution in [1.29, 1.82) is 0 Å². The first-order chi connectivity index (χ1) is 14.1. The van der Waals surface area contributed by atoms with Crippen LogP contribution in [0.5, 0.6) is 5.75 Å². The Labute approximate surface area is 182 Å². The van der Waals surface area contributed by atoms with Crippen molar-refractivity contribution in [2.45, 2.75) is 0 Å². The molecule has 0 fully saturated rings. The maximum atomic E-state index is 12.0. The van der Waals surface area contributed by atoms with Crippen molar-refractivity contribution in [3.05, 3.63) is 60.1 Å². The van der Waals surface area contributed by atoms with Gasteiger partial charge in [0.25, 0.3) is 0 Å². The number of carbonyl (C=O) groups excluding carboxylic acids is 1. The molecule has 0 radical (unpaired) electrons. The molecule has 0 aliphatic carbocycles. The van der Waals surface area contributed by atoms with Gasteiger partial charge in [0.15, 0.2) is 0 Å². The molecule has 1 amide bonds. The van der Waals surface area contributed by atoms with E-state index in [-0.39, 0.29) is 9.20 Å². The Hall–Kier alpha value is -2.72. The summed E-state index contributed by atoms with van der Waals surface area (Å²) in [5.74, 6) is 0.593. The average Bonchev–Trinajstić information content (AvgIpc) is 3.13. The second kappa shape index (κ2) is 8.34. The van der Waals surface area contributed by atoms with Crippen molar-refractivity contribution in [2.24, 2.45) is 0 Å². The number of ether oxygens (including phenoxy) is 1. The Balaban J connectivity index is 1.93. The number of halogens is 2. The van der Waals surface area contributed by atoms with Gasteiger partial charge in [0.05, 0.1) is 0 Å². The number of hydrogen-bond donors (Lipinski definition) is 1. The normalized spacial score (nSPS) is 11.0. The second-order valence-electron chi connectivity index (χ2n) is 5.97. The summed E-state index contributed by atoms with van der Waals surface area (Å²) in [6, 6.07) is 13.2. The van der Waals surface area contributed by atoms with Crippen LogP contribution in [0.2, 0.25) is 5.28 Å². The molecular weight excluding hydrogens is 505 g/mol. The number of carbonyl (C=O) groups is 1. The van der Waals surface area contributed by atoms with Crippen LogP contribution in [-0.2, 0) is 0 Å². The maximum absolute atomic E-state index is 12.0. The Bertz CT molecular complexity index is 1210. The number of nitrogens with zero attached hydrogens (tertiary/aromatic N) is 4. The van der Waals surface area contributed by atoms with Gasteiger partial charge in [-0.05, 0) is 0 Å². The fraction of sp³-hybridized carbons (Fsp3) is 0.100. The van der Waals surface area contributed by atoms with E-state index in [1.165, 1.54) is 0 Å². The fourth-order valence-corrected chi connectivity index (χ4v) is 3.74. The van der Waals surface area contributed by atoms with Crippen LogP contribution in [0, 0.1) is 0 Å². The number of benzene rings is 1. The van der Waals surface area contributed by atoms with Gasteiger partial charge < -0.3 is 0 Å². The van der Waals surface area contributed by atoms with Gasteiger partial charge in [-0.25, -0.2) is 0 Å². The van der Waals surface area contributed by atoms with Crippen LogP contribution in [-0.4, -0.2) is 35.5 Å². The third-order valence-electron chi connectivity index (χ3n) is 4.30. The molecule has 1 aromatic carbocycles. The number of methoxy groups -OCH3 is 1. The molecule has 0 bridgehead atoms. The molecule has 3 heterocycles. The molecule has 0 unspecified atom stereocenters. The van der Waals surface area contributed by atoms with Crippen molar-refractivity contribution in [3.63, 3.8) is 0 Å². The Morgan fingerprint density at radius 2 is 2.10 bits per heavy atom. The summed E-state index contributed by atoms with van der Waals surface area (Å²) in [4.78, 5) is 22.3. The van der Waals surface area contributed by atoms with Gasteiger partial charge in [0, 0.05) is 0 Å². The minimum absolute atomic E-state index is 0.0112. The number of aromatic nitrogens is 4. The second-order valence-corrected chi connectivity index (χ2v) is 8.36. The summed E-state index contributed by atoms with van der Waals surface area (Å²) in [6.45, 7) is 0. The molecule has 0 atom stereocenters. The third-order valence-corrected chi connectivity index (χ3v) is 5.73. The van der Waals surface area contributed by atoms with Gasteiger partial charge >= 0.3 is 183 Å². The summed E-state index contributed by atoms with van der Waals surface area (Å²) < 4.78 is 7.21. The van der Waals surface area contributed by atoms with Crippen LogP contribution in [0.1, 0.15) is 0 Å². The number of pyridine rings is 1. The quantitative estimate of drug-likeness (QED) is 0.141. The number of anilines is 1. The SMILES string of the molecule is COc1ccc(-c2nn3ccccc3c2-c2ccnc(Cl)n2)cc1NC(=O)[I-]C. The van der Waals surface area contributed by atoms with Crippen LogP contribution in [0.15, 0.2) is 54.9 Å². The average molecular weight is 521 g/mol. The van der Waals surface area contributed by atoms with Crippen molar-refractivity contribution < 1.29 is 30.7 Å². The van der Waals surface area contributed by atoms with Crippen LogP contribution >= 0.6 is 11.6 Å². The van der Waals surface area contributed by atoms with E-state index in [1.807, 2.05) is 47.5 Å². The molecule has 0 spiro atoms. The minimum atomic E-state index is -0.585. The van der Waals surface area contributed by atoms with E-state index in [2.05, 4.69) is 15.3 Å². The van der Waals surface area contributed by atoms with E-state index in [0.29, 0.717) is 17.1 Å². The first-order valence-electron chi connectivity index (χ1n) is 8.56. The third kappa shape index (κ3) is 3.90. The van der Waals surface area contributed by atoms with Crippen molar-refractivity contribution in [3.8, 4) is 28.3 Å². The van der Waals surface area contributed by atoms with Crippen LogP contribution in [0.4, 0.5) is 10.5 Å². The first kappa shape index (κ1) is 19.6. The molecule has 0 saturated carbocycles. The summed E-state index contributed by atoms with van der Waals surface area (Å²) in [7, 11) is 1.57. The van der Waals surface area contributed by atoms with Gasteiger partial charge in [-0.2, -0.15) is 0 Å². The molecule has 9 heteroatoms. The molecule has 0 saturated heterocycles. The fourth-order valence-electron chi connectivity index (χ4n) is 3.03. The van der Waals surface area contributed by atoms with E-state index in [9.17, 15) is 4.79 Å². The zero-order valence-corrected chi connectivity index (χ0v) is 18.5. The van der Waals surface area contributed by atoms with E-state index >= 15 is 0 Å². The Morgan fingerprint density at radius 1 is 1.24 bits per heavy atom. The molecule has 7 nitrogen and oxygen atoms in total. The van der Waals surface area contributed by atoms with Gasteiger partial charge in [0.1, 0.15) is 0 Å². The van der Waals surface area contributed by atoms with E-state index < -0.39 is 21.2 Å².